The molecule has 0 saturated heterocycles. The van der Waals surface area contributed by atoms with Gasteiger partial charge in [-0.3, -0.25) is 0 Å². The van der Waals surface area contributed by atoms with Crippen LogP contribution in [0.25, 0.3) is 11.1 Å². The van der Waals surface area contributed by atoms with Gasteiger partial charge in [-0.2, -0.15) is 0 Å². The maximum atomic E-state index is 11.5. The van der Waals surface area contributed by atoms with E-state index >= 15 is 0 Å². The van der Waals surface area contributed by atoms with Crippen LogP contribution in [0, 0.1) is 0 Å². The van der Waals surface area contributed by atoms with Crippen LogP contribution in [0.3, 0.4) is 0 Å². The second-order valence-electron chi connectivity index (χ2n) is 5.22. The highest BCUT2D eigenvalue weighted by molar-refractivity contribution is 7.90. The number of oxazole rings is 1. The summed E-state index contributed by atoms with van der Waals surface area (Å²) < 4.78 is 28.7. The fourth-order valence-corrected chi connectivity index (χ4v) is 3.21. The summed E-state index contributed by atoms with van der Waals surface area (Å²) in [5.41, 5.74) is 7.11. The summed E-state index contributed by atoms with van der Waals surface area (Å²) in [4.78, 5) is 4.68. The summed E-state index contributed by atoms with van der Waals surface area (Å²) in [6.45, 7) is 0. The maximum absolute atomic E-state index is 11.5. The lowest BCUT2D eigenvalue weighted by Gasteiger charge is -2.02. The van der Waals surface area contributed by atoms with Gasteiger partial charge in [-0.05, 0) is 37.5 Å². The molecule has 102 valence electrons. The number of nitrogens with zero attached hydrogens (tertiary/aromatic N) is 1. The molecule has 3 rings (SSSR count). The van der Waals surface area contributed by atoms with Gasteiger partial charge in [-0.1, -0.05) is 0 Å². The lowest BCUT2D eigenvalue weighted by atomic mass is 10.1. The van der Waals surface area contributed by atoms with Gasteiger partial charge in [0.05, 0.1) is 4.90 Å². The van der Waals surface area contributed by atoms with E-state index in [0.717, 1.165) is 19.3 Å². The molecule has 1 heterocycles. The van der Waals surface area contributed by atoms with Gasteiger partial charge < -0.3 is 10.2 Å². The Morgan fingerprint density at radius 1 is 1.37 bits per heavy atom. The van der Waals surface area contributed by atoms with Gasteiger partial charge >= 0.3 is 0 Å². The average Bonchev–Trinajstić information content (AvgIpc) is 2.92. The number of hydrogen-bond donors (Lipinski definition) is 1. The molecule has 6 heteroatoms. The minimum atomic E-state index is -3.21. The molecule has 2 unspecified atom stereocenters. The second-order valence-corrected chi connectivity index (χ2v) is 7.24. The van der Waals surface area contributed by atoms with Crippen LogP contribution in [0.4, 0.5) is 0 Å². The Morgan fingerprint density at radius 2 is 2.16 bits per heavy atom. The minimum absolute atomic E-state index is 0.214. The third-order valence-electron chi connectivity index (χ3n) is 3.63. The van der Waals surface area contributed by atoms with Gasteiger partial charge in [-0.25, -0.2) is 13.4 Å². The van der Waals surface area contributed by atoms with E-state index in [1.807, 2.05) is 0 Å². The number of aromatic nitrogens is 1. The molecule has 2 N–H and O–H groups in total. The monoisotopic (exact) mass is 280 g/mol. The smallest absolute Gasteiger partial charge is 0.198 e. The average molecular weight is 280 g/mol. The Morgan fingerprint density at radius 3 is 2.79 bits per heavy atom. The predicted octanol–water partition coefficient (Wildman–Crippen LogP) is 1.83. The minimum Gasteiger partial charge on any atom is -0.440 e. The third-order valence-corrected chi connectivity index (χ3v) is 4.74. The molecule has 2 aromatic rings. The van der Waals surface area contributed by atoms with Crippen LogP contribution < -0.4 is 5.73 Å². The number of sulfone groups is 1. The van der Waals surface area contributed by atoms with Crippen molar-refractivity contribution in [2.24, 2.45) is 5.73 Å². The Hall–Kier alpha value is -1.40. The molecule has 5 nitrogen and oxygen atoms in total. The zero-order chi connectivity index (χ0) is 13.6. The molecule has 1 aromatic carbocycles. The quantitative estimate of drug-likeness (QED) is 0.906. The van der Waals surface area contributed by atoms with E-state index in [2.05, 4.69) is 4.98 Å². The summed E-state index contributed by atoms with van der Waals surface area (Å²) in [6.07, 6.45) is 4.03. The first-order valence-electron chi connectivity index (χ1n) is 6.29. The lowest BCUT2D eigenvalue weighted by Crippen LogP contribution is -2.14. The van der Waals surface area contributed by atoms with Gasteiger partial charge in [0, 0.05) is 18.2 Å². The summed E-state index contributed by atoms with van der Waals surface area (Å²) in [5, 5.41) is 0. The Bertz CT molecular complexity index is 721. The predicted molar refractivity (Wildman–Crippen MR) is 71.7 cm³/mol. The number of nitrogens with two attached hydrogens (primary N) is 1. The van der Waals surface area contributed by atoms with Crippen LogP contribution in [0.5, 0.6) is 0 Å². The number of benzene rings is 1. The van der Waals surface area contributed by atoms with Gasteiger partial charge in [0.15, 0.2) is 21.3 Å². The fraction of sp³-hybridized carbons (Fsp3) is 0.462. The number of fused-ring (bicyclic) bond motifs is 1. The maximum Gasteiger partial charge on any atom is 0.198 e. The van der Waals surface area contributed by atoms with Crippen molar-refractivity contribution < 1.29 is 12.8 Å². The van der Waals surface area contributed by atoms with Crippen LogP contribution in [0.15, 0.2) is 27.5 Å². The molecule has 1 saturated carbocycles. The fourth-order valence-electron chi connectivity index (χ4n) is 2.57. The van der Waals surface area contributed by atoms with Gasteiger partial charge in [0.25, 0.3) is 0 Å². The number of rotatable bonds is 2. The van der Waals surface area contributed by atoms with Crippen molar-refractivity contribution in [2.45, 2.75) is 36.1 Å². The molecular weight excluding hydrogens is 264 g/mol. The Kier molecular flexibility index (Phi) is 2.87. The van der Waals surface area contributed by atoms with Crippen molar-refractivity contribution >= 4 is 20.9 Å². The van der Waals surface area contributed by atoms with Gasteiger partial charge in [-0.15, -0.1) is 0 Å². The van der Waals surface area contributed by atoms with Crippen molar-refractivity contribution in [3.8, 4) is 0 Å². The first kappa shape index (κ1) is 12.6. The van der Waals surface area contributed by atoms with E-state index in [0.29, 0.717) is 17.0 Å². The molecule has 2 atom stereocenters. The van der Waals surface area contributed by atoms with Crippen molar-refractivity contribution in [1.82, 2.24) is 4.98 Å². The second kappa shape index (κ2) is 4.31. The third kappa shape index (κ3) is 2.37. The highest BCUT2D eigenvalue weighted by atomic mass is 32.2. The summed E-state index contributed by atoms with van der Waals surface area (Å²) in [5.74, 6) is 0.928. The van der Waals surface area contributed by atoms with E-state index in [1.165, 1.54) is 6.26 Å². The van der Waals surface area contributed by atoms with E-state index in [4.69, 9.17) is 10.2 Å². The molecule has 0 radical (unpaired) electrons. The highest BCUT2D eigenvalue weighted by Gasteiger charge is 2.27. The Balaban J connectivity index is 2.02. The lowest BCUT2D eigenvalue weighted by molar-refractivity contribution is 0.471. The van der Waals surface area contributed by atoms with Gasteiger partial charge in [0.1, 0.15) is 5.52 Å². The topological polar surface area (TPSA) is 86.2 Å². The zero-order valence-corrected chi connectivity index (χ0v) is 11.5. The molecule has 1 fully saturated rings. The molecule has 19 heavy (non-hydrogen) atoms. The van der Waals surface area contributed by atoms with E-state index in [9.17, 15) is 8.42 Å². The van der Waals surface area contributed by atoms with E-state index in [1.54, 1.807) is 18.2 Å². The first-order chi connectivity index (χ1) is 8.93. The SMILES string of the molecule is CS(=O)(=O)c1ccc2oc(C3CCC(N)C3)nc2c1. The van der Waals surface area contributed by atoms with Crippen molar-refractivity contribution in [1.29, 1.82) is 0 Å². The molecule has 0 amide bonds. The molecule has 1 aliphatic carbocycles. The molecule has 0 bridgehead atoms. The van der Waals surface area contributed by atoms with E-state index < -0.39 is 9.84 Å². The van der Waals surface area contributed by atoms with Crippen LogP contribution in [-0.4, -0.2) is 25.7 Å². The van der Waals surface area contributed by atoms with Crippen LogP contribution in [0.2, 0.25) is 0 Å². The molecule has 1 aliphatic rings. The number of hydrogen-bond acceptors (Lipinski definition) is 5. The zero-order valence-electron chi connectivity index (χ0n) is 10.7. The normalized spacial score (nSPS) is 24.1. The molecular formula is C13H16N2O3S. The van der Waals surface area contributed by atoms with E-state index in [-0.39, 0.29) is 16.9 Å². The first-order valence-corrected chi connectivity index (χ1v) is 8.19. The molecule has 0 aliphatic heterocycles. The standard InChI is InChI=1S/C13H16N2O3S/c1-19(16,17)10-4-5-12-11(7-10)15-13(18-12)8-2-3-9(14)6-8/h4-5,7-9H,2-3,6,14H2,1H3. The molecule has 1 aromatic heterocycles. The largest absolute Gasteiger partial charge is 0.440 e. The molecule has 0 spiro atoms. The summed E-state index contributed by atoms with van der Waals surface area (Å²) in [7, 11) is -3.21. The highest BCUT2D eigenvalue weighted by Crippen LogP contribution is 2.34. The van der Waals surface area contributed by atoms with Crippen molar-refractivity contribution in [2.75, 3.05) is 6.26 Å². The van der Waals surface area contributed by atoms with Crippen LogP contribution in [0.1, 0.15) is 31.1 Å². The Labute approximate surface area is 111 Å². The van der Waals surface area contributed by atoms with Crippen molar-refractivity contribution in [3.63, 3.8) is 0 Å². The van der Waals surface area contributed by atoms with Crippen molar-refractivity contribution in [3.05, 3.63) is 24.1 Å². The van der Waals surface area contributed by atoms with Crippen LogP contribution in [-0.2, 0) is 9.84 Å². The van der Waals surface area contributed by atoms with Gasteiger partial charge in [0.2, 0.25) is 0 Å². The summed E-state index contributed by atoms with van der Waals surface area (Å²) in [6, 6.07) is 4.99. The van der Waals surface area contributed by atoms with Crippen LogP contribution >= 0.6 is 0 Å². The summed E-state index contributed by atoms with van der Waals surface area (Å²) >= 11 is 0.